The third kappa shape index (κ3) is 4.37. The molecule has 174 valence electrons. The summed E-state index contributed by atoms with van der Waals surface area (Å²) in [5, 5.41) is 11.6. The second-order valence-electron chi connectivity index (χ2n) is 8.04. The first-order valence-electron chi connectivity index (χ1n) is 10.7. The number of aliphatic hydroxyl groups is 1. The molecule has 1 amide bonds. The van der Waals surface area contributed by atoms with Crippen molar-refractivity contribution in [2.24, 2.45) is 0 Å². The Kier molecular flexibility index (Phi) is 6.61. The number of benzene rings is 3. The van der Waals surface area contributed by atoms with Crippen molar-refractivity contribution in [1.29, 1.82) is 0 Å². The number of rotatable bonds is 6. The first kappa shape index (κ1) is 23.4. The molecule has 3 aromatic carbocycles. The van der Waals surface area contributed by atoms with Crippen LogP contribution in [0.2, 0.25) is 5.02 Å². The molecule has 6 nitrogen and oxygen atoms in total. The van der Waals surface area contributed by atoms with E-state index in [9.17, 15) is 14.7 Å². The molecular formula is C27H24ClNO5. The summed E-state index contributed by atoms with van der Waals surface area (Å²) < 4.78 is 10.6. The van der Waals surface area contributed by atoms with E-state index < -0.39 is 17.7 Å². The zero-order valence-electron chi connectivity index (χ0n) is 19.0. The van der Waals surface area contributed by atoms with Crippen molar-refractivity contribution in [3.05, 3.63) is 99.6 Å². The normalized spacial score (nSPS) is 17.2. The fourth-order valence-corrected chi connectivity index (χ4v) is 4.35. The molecule has 3 aromatic rings. The summed E-state index contributed by atoms with van der Waals surface area (Å²) in [5.41, 5.74) is 2.84. The molecule has 1 saturated heterocycles. The first-order valence-corrected chi connectivity index (χ1v) is 11.0. The van der Waals surface area contributed by atoms with Crippen LogP contribution >= 0.6 is 11.6 Å². The number of ether oxygens (including phenoxy) is 2. The van der Waals surface area contributed by atoms with Crippen molar-refractivity contribution in [2.75, 3.05) is 14.2 Å². The Morgan fingerprint density at radius 3 is 2.47 bits per heavy atom. The number of aliphatic hydroxyl groups excluding tert-OH is 1. The molecule has 0 saturated carbocycles. The minimum absolute atomic E-state index is 0.0165. The Morgan fingerprint density at radius 1 is 1.00 bits per heavy atom. The lowest BCUT2D eigenvalue weighted by molar-refractivity contribution is -0.140. The number of aryl methyl sites for hydroxylation is 1. The van der Waals surface area contributed by atoms with Crippen molar-refractivity contribution < 1.29 is 24.2 Å². The molecule has 4 rings (SSSR count). The molecule has 1 heterocycles. The van der Waals surface area contributed by atoms with Crippen molar-refractivity contribution in [2.45, 2.75) is 19.5 Å². The summed E-state index contributed by atoms with van der Waals surface area (Å²) in [6.07, 6.45) is 0. The number of Topliss-reactive ketones (excluding diaryl/α,β-unsaturated/α-hetero) is 1. The van der Waals surface area contributed by atoms with Crippen molar-refractivity contribution in [3.8, 4) is 11.5 Å². The highest BCUT2D eigenvalue weighted by Crippen LogP contribution is 2.41. The molecule has 1 fully saturated rings. The van der Waals surface area contributed by atoms with Gasteiger partial charge in [0.1, 0.15) is 17.3 Å². The number of nitrogens with zero attached hydrogens (tertiary/aromatic N) is 1. The molecule has 1 aliphatic heterocycles. The van der Waals surface area contributed by atoms with Crippen LogP contribution in [0, 0.1) is 6.92 Å². The van der Waals surface area contributed by atoms with Gasteiger partial charge in [-0.2, -0.15) is 0 Å². The van der Waals surface area contributed by atoms with Crippen LogP contribution in [-0.4, -0.2) is 35.9 Å². The topological polar surface area (TPSA) is 76.1 Å². The van der Waals surface area contributed by atoms with E-state index in [0.717, 1.165) is 16.7 Å². The average molecular weight is 478 g/mol. The second-order valence-corrected chi connectivity index (χ2v) is 8.45. The van der Waals surface area contributed by atoms with Crippen molar-refractivity contribution >= 4 is 29.1 Å². The number of methoxy groups -OCH3 is 2. The fraction of sp³-hybridized carbons (Fsp3) is 0.185. The number of carbonyl (C=O) groups is 2. The number of hydrogen-bond donors (Lipinski definition) is 1. The molecule has 0 aliphatic carbocycles. The summed E-state index contributed by atoms with van der Waals surface area (Å²) in [6.45, 7) is 2.10. The summed E-state index contributed by atoms with van der Waals surface area (Å²) in [6, 6.07) is 18.8. The van der Waals surface area contributed by atoms with Gasteiger partial charge < -0.3 is 19.5 Å². The maximum absolute atomic E-state index is 13.2. The lowest BCUT2D eigenvalue weighted by Crippen LogP contribution is -2.29. The maximum atomic E-state index is 13.2. The zero-order chi connectivity index (χ0) is 24.4. The highest BCUT2D eigenvalue weighted by molar-refractivity contribution is 6.46. The summed E-state index contributed by atoms with van der Waals surface area (Å²) in [4.78, 5) is 27.9. The van der Waals surface area contributed by atoms with Crippen LogP contribution in [-0.2, 0) is 16.1 Å². The fourth-order valence-electron chi connectivity index (χ4n) is 4.16. The summed E-state index contributed by atoms with van der Waals surface area (Å²) >= 11 is 6.13. The second kappa shape index (κ2) is 9.61. The first-order chi connectivity index (χ1) is 16.3. The quantitative estimate of drug-likeness (QED) is 0.296. The Bertz CT molecular complexity index is 1300. The van der Waals surface area contributed by atoms with Gasteiger partial charge in [-0.05, 0) is 48.4 Å². The van der Waals surface area contributed by atoms with Crippen LogP contribution in [0.5, 0.6) is 11.5 Å². The van der Waals surface area contributed by atoms with Crippen LogP contribution in [0.25, 0.3) is 5.76 Å². The van der Waals surface area contributed by atoms with Gasteiger partial charge in [-0.15, -0.1) is 0 Å². The van der Waals surface area contributed by atoms with E-state index in [4.69, 9.17) is 21.1 Å². The van der Waals surface area contributed by atoms with E-state index in [2.05, 4.69) is 0 Å². The van der Waals surface area contributed by atoms with Crippen molar-refractivity contribution in [3.63, 3.8) is 0 Å². The smallest absolute Gasteiger partial charge is 0.295 e. The van der Waals surface area contributed by atoms with Crippen LogP contribution in [0.1, 0.15) is 28.3 Å². The largest absolute Gasteiger partial charge is 0.507 e. The Morgan fingerprint density at radius 2 is 1.76 bits per heavy atom. The van der Waals surface area contributed by atoms with Gasteiger partial charge in [0.25, 0.3) is 11.7 Å². The maximum Gasteiger partial charge on any atom is 0.295 e. The SMILES string of the molecule is COc1cccc(CN2C(=O)C(=O)/C(=C(\O)c3ccc(Cl)c(OC)c3)C2c2cccc(C)c2)c1. The molecule has 1 unspecified atom stereocenters. The van der Waals surface area contributed by atoms with Crippen LogP contribution in [0.3, 0.4) is 0 Å². The van der Waals surface area contributed by atoms with E-state index in [1.54, 1.807) is 25.3 Å². The van der Waals surface area contributed by atoms with E-state index in [-0.39, 0.29) is 17.9 Å². The number of likely N-dealkylation sites (tertiary alicyclic amines) is 1. The molecular weight excluding hydrogens is 454 g/mol. The molecule has 34 heavy (non-hydrogen) atoms. The molecule has 7 heteroatoms. The number of hydrogen-bond acceptors (Lipinski definition) is 5. The van der Waals surface area contributed by atoms with Gasteiger partial charge in [-0.1, -0.05) is 53.6 Å². The van der Waals surface area contributed by atoms with Crippen LogP contribution in [0.15, 0.2) is 72.3 Å². The van der Waals surface area contributed by atoms with E-state index >= 15 is 0 Å². The Balaban J connectivity index is 1.87. The third-order valence-electron chi connectivity index (χ3n) is 5.81. The Hall–Kier alpha value is -3.77. The van der Waals surface area contributed by atoms with E-state index in [0.29, 0.717) is 22.1 Å². The number of carbonyl (C=O) groups excluding carboxylic acids is 2. The number of halogens is 1. The van der Waals surface area contributed by atoms with Gasteiger partial charge in [0, 0.05) is 12.1 Å². The van der Waals surface area contributed by atoms with Gasteiger partial charge in [-0.25, -0.2) is 0 Å². The number of ketones is 1. The molecule has 1 aliphatic rings. The molecule has 0 aromatic heterocycles. The van der Waals surface area contributed by atoms with Gasteiger partial charge in [0.2, 0.25) is 0 Å². The number of amides is 1. The minimum Gasteiger partial charge on any atom is -0.507 e. The van der Waals surface area contributed by atoms with Gasteiger partial charge in [0.05, 0.1) is 30.9 Å². The molecule has 0 spiro atoms. The summed E-state index contributed by atoms with van der Waals surface area (Å²) in [7, 11) is 3.03. The lowest BCUT2D eigenvalue weighted by atomic mass is 9.94. The third-order valence-corrected chi connectivity index (χ3v) is 6.12. The molecule has 0 bridgehead atoms. The average Bonchev–Trinajstić information content (AvgIpc) is 3.09. The van der Waals surface area contributed by atoms with Gasteiger partial charge in [-0.3, -0.25) is 9.59 Å². The minimum atomic E-state index is -0.771. The standard InChI is InChI=1S/C27H24ClNO5/c1-16-6-4-8-18(12-16)24-23(25(30)19-10-11-21(28)22(14-19)34-3)26(31)27(32)29(24)15-17-7-5-9-20(13-17)33-2/h4-14,24,30H,15H2,1-3H3/b25-23-. The molecule has 1 atom stereocenters. The predicted octanol–water partition coefficient (Wildman–Crippen LogP) is 5.29. The van der Waals surface area contributed by atoms with Crippen LogP contribution < -0.4 is 9.47 Å². The van der Waals surface area contributed by atoms with E-state index in [1.807, 2.05) is 55.5 Å². The molecule has 0 radical (unpaired) electrons. The highest BCUT2D eigenvalue weighted by Gasteiger charge is 2.46. The zero-order valence-corrected chi connectivity index (χ0v) is 19.8. The van der Waals surface area contributed by atoms with E-state index in [1.165, 1.54) is 12.0 Å². The van der Waals surface area contributed by atoms with Crippen LogP contribution in [0.4, 0.5) is 0 Å². The highest BCUT2D eigenvalue weighted by atomic mass is 35.5. The monoisotopic (exact) mass is 477 g/mol. The summed E-state index contributed by atoms with van der Waals surface area (Å²) in [5.74, 6) is -0.719. The Labute approximate surface area is 203 Å². The van der Waals surface area contributed by atoms with Gasteiger partial charge in [0.15, 0.2) is 0 Å². The lowest BCUT2D eigenvalue weighted by Gasteiger charge is -2.26. The van der Waals surface area contributed by atoms with Gasteiger partial charge >= 0.3 is 0 Å². The van der Waals surface area contributed by atoms with Crippen molar-refractivity contribution in [1.82, 2.24) is 4.90 Å². The molecule has 1 N–H and O–H groups in total. The predicted molar refractivity (Wildman–Crippen MR) is 130 cm³/mol.